The molecule has 0 aromatic rings. The van der Waals surface area contributed by atoms with E-state index >= 15 is 0 Å². The summed E-state index contributed by atoms with van der Waals surface area (Å²) < 4.78 is 16.8. The Balaban J connectivity index is 4.25. The van der Waals surface area contributed by atoms with Gasteiger partial charge in [-0.15, -0.1) is 0 Å². The van der Waals surface area contributed by atoms with Crippen LogP contribution in [0.25, 0.3) is 0 Å². The summed E-state index contributed by atoms with van der Waals surface area (Å²) >= 11 is 0. The van der Waals surface area contributed by atoms with Gasteiger partial charge in [0.25, 0.3) is 0 Å². The van der Waals surface area contributed by atoms with E-state index in [1.807, 2.05) is 0 Å². The Morgan fingerprint density at radius 2 is 0.509 bits per heavy atom. The van der Waals surface area contributed by atoms with Gasteiger partial charge >= 0.3 is 17.9 Å². The van der Waals surface area contributed by atoms with Crippen LogP contribution >= 0.6 is 0 Å². The topological polar surface area (TPSA) is 78.9 Å². The van der Waals surface area contributed by atoms with Gasteiger partial charge in [-0.05, 0) is 37.0 Å². The van der Waals surface area contributed by atoms with Crippen LogP contribution in [0.3, 0.4) is 0 Å². The summed E-state index contributed by atoms with van der Waals surface area (Å²) in [6.45, 7) is 13.6. The first-order valence-corrected chi connectivity index (χ1v) is 25.1. The summed E-state index contributed by atoms with van der Waals surface area (Å²) in [5, 5.41) is 0. The molecule has 6 nitrogen and oxygen atoms in total. The molecular weight excluding hydrogens is 709 g/mol. The second-order valence-corrected chi connectivity index (χ2v) is 18.9. The van der Waals surface area contributed by atoms with Gasteiger partial charge in [-0.3, -0.25) is 14.4 Å². The molecule has 0 spiro atoms. The van der Waals surface area contributed by atoms with Crippen molar-refractivity contribution in [3.63, 3.8) is 0 Å². The molecule has 0 heterocycles. The first-order valence-electron chi connectivity index (χ1n) is 25.1. The summed E-state index contributed by atoms with van der Waals surface area (Å²) in [5.41, 5.74) is 0. The number of unbranched alkanes of at least 4 members (excludes halogenated alkanes) is 27. The molecule has 0 fully saturated rings. The van der Waals surface area contributed by atoms with Gasteiger partial charge in [-0.2, -0.15) is 0 Å². The molecule has 57 heavy (non-hydrogen) atoms. The summed E-state index contributed by atoms with van der Waals surface area (Å²) in [7, 11) is 0. The lowest BCUT2D eigenvalue weighted by Crippen LogP contribution is -2.30. The van der Waals surface area contributed by atoms with E-state index in [0.29, 0.717) is 19.3 Å². The van der Waals surface area contributed by atoms with Crippen molar-refractivity contribution in [2.45, 2.75) is 279 Å². The standard InChI is InChI=1S/C51H98O6/c1-45(2)37-31-25-19-15-11-9-7-8-10-12-17-21-28-34-40-49(52)55-43-48(57-51(54)42-36-30-24-23-27-33-39-47(5)6)44-56-50(53)41-35-29-22-18-14-13-16-20-26-32-38-46(3)4/h45-48H,7-44H2,1-6H3/t48-/m1/s1. The molecule has 0 unspecified atom stereocenters. The van der Waals surface area contributed by atoms with Gasteiger partial charge in [0.05, 0.1) is 0 Å². The Morgan fingerprint density at radius 3 is 0.754 bits per heavy atom. The number of carbonyl (C=O) groups excluding carboxylic acids is 3. The molecule has 6 heteroatoms. The van der Waals surface area contributed by atoms with Gasteiger partial charge in [0.2, 0.25) is 0 Å². The Hall–Kier alpha value is -1.59. The molecule has 0 bridgehead atoms. The molecule has 0 aromatic heterocycles. The van der Waals surface area contributed by atoms with Crippen LogP contribution in [0.4, 0.5) is 0 Å². The van der Waals surface area contributed by atoms with Gasteiger partial charge in [0.15, 0.2) is 6.10 Å². The number of esters is 3. The number of hydrogen-bond acceptors (Lipinski definition) is 6. The van der Waals surface area contributed by atoms with Gasteiger partial charge in [-0.1, -0.05) is 234 Å². The van der Waals surface area contributed by atoms with Crippen LogP contribution in [0.15, 0.2) is 0 Å². The van der Waals surface area contributed by atoms with Gasteiger partial charge in [0.1, 0.15) is 13.2 Å². The van der Waals surface area contributed by atoms with E-state index < -0.39 is 6.10 Å². The highest BCUT2D eigenvalue weighted by Crippen LogP contribution is 2.17. The lowest BCUT2D eigenvalue weighted by molar-refractivity contribution is -0.167. The van der Waals surface area contributed by atoms with Crippen molar-refractivity contribution in [1.29, 1.82) is 0 Å². The fraction of sp³-hybridized carbons (Fsp3) is 0.941. The molecule has 0 saturated heterocycles. The first-order chi connectivity index (χ1) is 27.6. The lowest BCUT2D eigenvalue weighted by atomic mass is 10.0. The highest BCUT2D eigenvalue weighted by molar-refractivity contribution is 5.71. The molecule has 0 aromatic carbocycles. The molecule has 0 aliphatic rings. The van der Waals surface area contributed by atoms with Crippen molar-refractivity contribution in [1.82, 2.24) is 0 Å². The molecule has 0 aliphatic heterocycles. The van der Waals surface area contributed by atoms with Crippen molar-refractivity contribution in [2.75, 3.05) is 13.2 Å². The highest BCUT2D eigenvalue weighted by atomic mass is 16.6. The van der Waals surface area contributed by atoms with Crippen molar-refractivity contribution in [3.8, 4) is 0 Å². The summed E-state index contributed by atoms with van der Waals surface area (Å²) in [6.07, 6.45) is 41.1. The van der Waals surface area contributed by atoms with Gasteiger partial charge < -0.3 is 14.2 Å². The molecule has 0 rings (SSSR count). The SMILES string of the molecule is CC(C)CCCCCCCCCCCCCCCCC(=O)OC[C@H](COC(=O)CCCCCCCCCCCCC(C)C)OC(=O)CCCCCCCCC(C)C. The van der Waals surface area contributed by atoms with E-state index in [9.17, 15) is 14.4 Å². The maximum atomic E-state index is 12.7. The Bertz CT molecular complexity index is 883. The fourth-order valence-corrected chi connectivity index (χ4v) is 7.59. The predicted molar refractivity (Wildman–Crippen MR) is 243 cm³/mol. The zero-order valence-electron chi connectivity index (χ0n) is 39.1. The van der Waals surface area contributed by atoms with Crippen molar-refractivity contribution >= 4 is 17.9 Å². The van der Waals surface area contributed by atoms with Crippen LogP contribution in [0, 0.1) is 17.8 Å². The summed E-state index contributed by atoms with van der Waals surface area (Å²) in [5.74, 6) is 1.56. The van der Waals surface area contributed by atoms with Crippen molar-refractivity contribution in [3.05, 3.63) is 0 Å². The third-order valence-corrected chi connectivity index (χ3v) is 11.4. The van der Waals surface area contributed by atoms with Gasteiger partial charge in [-0.25, -0.2) is 0 Å². The summed E-state index contributed by atoms with van der Waals surface area (Å²) in [6, 6.07) is 0. The van der Waals surface area contributed by atoms with Crippen LogP contribution in [0.1, 0.15) is 273 Å². The van der Waals surface area contributed by atoms with E-state index in [2.05, 4.69) is 41.5 Å². The zero-order valence-corrected chi connectivity index (χ0v) is 39.1. The molecular formula is C51H98O6. The van der Waals surface area contributed by atoms with E-state index in [0.717, 1.165) is 75.5 Å². The highest BCUT2D eigenvalue weighted by Gasteiger charge is 2.19. The smallest absolute Gasteiger partial charge is 0.306 e. The molecule has 0 N–H and O–H groups in total. The maximum absolute atomic E-state index is 12.7. The van der Waals surface area contributed by atoms with Crippen LogP contribution in [0.2, 0.25) is 0 Å². The second kappa shape index (κ2) is 42.5. The minimum Gasteiger partial charge on any atom is -0.462 e. The van der Waals surface area contributed by atoms with Crippen LogP contribution in [-0.4, -0.2) is 37.2 Å². The Morgan fingerprint density at radius 1 is 0.298 bits per heavy atom. The van der Waals surface area contributed by atoms with Crippen molar-refractivity contribution < 1.29 is 28.6 Å². The third kappa shape index (κ3) is 45.3. The van der Waals surface area contributed by atoms with Crippen LogP contribution < -0.4 is 0 Å². The average molecular weight is 807 g/mol. The molecule has 0 aliphatic carbocycles. The fourth-order valence-electron chi connectivity index (χ4n) is 7.59. The molecule has 338 valence electrons. The van der Waals surface area contributed by atoms with E-state index in [-0.39, 0.29) is 31.1 Å². The average Bonchev–Trinajstić information content (AvgIpc) is 3.16. The summed E-state index contributed by atoms with van der Waals surface area (Å²) in [4.78, 5) is 37.8. The van der Waals surface area contributed by atoms with E-state index in [1.54, 1.807) is 0 Å². The Kier molecular flexibility index (Phi) is 41.3. The molecule has 0 saturated carbocycles. The quantitative estimate of drug-likeness (QED) is 0.0347. The van der Waals surface area contributed by atoms with E-state index in [4.69, 9.17) is 14.2 Å². The third-order valence-electron chi connectivity index (χ3n) is 11.4. The van der Waals surface area contributed by atoms with E-state index in [1.165, 1.54) is 154 Å². The largest absolute Gasteiger partial charge is 0.462 e. The van der Waals surface area contributed by atoms with Gasteiger partial charge in [0, 0.05) is 19.3 Å². The zero-order chi connectivity index (χ0) is 42.0. The second-order valence-electron chi connectivity index (χ2n) is 18.9. The molecule has 1 atom stereocenters. The van der Waals surface area contributed by atoms with Crippen LogP contribution in [-0.2, 0) is 28.6 Å². The minimum atomic E-state index is -0.762. The Labute approximate surface area is 355 Å². The first kappa shape index (κ1) is 55.4. The number of rotatable bonds is 44. The number of carbonyl (C=O) groups is 3. The number of hydrogen-bond donors (Lipinski definition) is 0. The lowest BCUT2D eigenvalue weighted by Gasteiger charge is -2.18. The normalized spacial score (nSPS) is 12.2. The van der Waals surface area contributed by atoms with Crippen LogP contribution in [0.5, 0.6) is 0 Å². The minimum absolute atomic E-state index is 0.0659. The predicted octanol–water partition coefficient (Wildman–Crippen LogP) is 16.0. The molecule has 0 amide bonds. The number of ether oxygens (including phenoxy) is 3. The molecule has 0 radical (unpaired) electrons. The maximum Gasteiger partial charge on any atom is 0.306 e. The monoisotopic (exact) mass is 807 g/mol. The van der Waals surface area contributed by atoms with Crippen molar-refractivity contribution in [2.24, 2.45) is 17.8 Å².